The van der Waals surface area contributed by atoms with Crippen molar-refractivity contribution >= 4 is 0 Å². The zero-order chi connectivity index (χ0) is 11.5. The summed E-state index contributed by atoms with van der Waals surface area (Å²) >= 11 is 0. The number of nitrogens with zero attached hydrogens (tertiary/aromatic N) is 2. The highest BCUT2D eigenvalue weighted by molar-refractivity contribution is 5.07. The number of hydrogen-bond donors (Lipinski definition) is 1. The Bertz CT molecular complexity index is 332. The van der Waals surface area contributed by atoms with Gasteiger partial charge in [0.25, 0.3) is 0 Å². The second-order valence-corrected chi connectivity index (χ2v) is 5.13. The Morgan fingerprint density at radius 3 is 2.94 bits per heavy atom. The highest BCUT2D eigenvalue weighted by Crippen LogP contribution is 2.31. The van der Waals surface area contributed by atoms with Crippen LogP contribution in [-0.2, 0) is 4.74 Å². The van der Waals surface area contributed by atoms with E-state index in [-0.39, 0.29) is 0 Å². The summed E-state index contributed by atoms with van der Waals surface area (Å²) < 4.78 is 5.64. The molecule has 1 saturated heterocycles. The van der Waals surface area contributed by atoms with Crippen LogP contribution in [-0.4, -0.2) is 40.9 Å². The average Bonchev–Trinajstić information content (AvgIpc) is 2.94. The topological polar surface area (TPSA) is 41.1 Å². The van der Waals surface area contributed by atoms with E-state index in [1.54, 1.807) is 0 Å². The molecule has 0 aromatic carbocycles. The number of morpholine rings is 1. The van der Waals surface area contributed by atoms with Crippen LogP contribution in [0.25, 0.3) is 0 Å². The van der Waals surface area contributed by atoms with Crippen LogP contribution >= 0.6 is 0 Å². The lowest BCUT2D eigenvalue weighted by Crippen LogP contribution is -2.46. The normalized spacial score (nSPS) is 28.4. The zero-order valence-electron chi connectivity index (χ0n) is 10.3. The number of H-pyrrole nitrogens is 1. The van der Waals surface area contributed by atoms with Gasteiger partial charge >= 0.3 is 0 Å². The molecule has 2 heterocycles. The monoisotopic (exact) mass is 235 g/mol. The first-order valence-corrected chi connectivity index (χ1v) is 6.78. The van der Waals surface area contributed by atoms with E-state index in [4.69, 9.17) is 4.74 Å². The lowest BCUT2D eigenvalue weighted by atomic mass is 9.92. The standard InChI is InChI=1S/C13H21N3O/c1-2-4-11(5-3-1)16-8-9-17-10-13(16)12-6-7-14-15-12/h6-7,11,13H,1-5,8-10H2,(H,14,15)/t13-/m0/s1. The largest absolute Gasteiger partial charge is 0.378 e. The molecule has 1 atom stereocenters. The number of aromatic nitrogens is 2. The molecule has 1 aromatic rings. The van der Waals surface area contributed by atoms with Crippen molar-refractivity contribution in [2.45, 2.75) is 44.2 Å². The van der Waals surface area contributed by atoms with Crippen LogP contribution in [0.2, 0.25) is 0 Å². The Morgan fingerprint density at radius 1 is 1.29 bits per heavy atom. The molecule has 0 radical (unpaired) electrons. The zero-order valence-corrected chi connectivity index (χ0v) is 10.3. The highest BCUT2D eigenvalue weighted by atomic mass is 16.5. The van der Waals surface area contributed by atoms with Gasteiger partial charge in [-0.05, 0) is 18.9 Å². The minimum Gasteiger partial charge on any atom is -0.378 e. The first kappa shape index (κ1) is 11.2. The van der Waals surface area contributed by atoms with Crippen molar-refractivity contribution in [1.82, 2.24) is 15.1 Å². The Kier molecular flexibility index (Phi) is 3.43. The maximum atomic E-state index is 5.64. The molecule has 1 aromatic heterocycles. The van der Waals surface area contributed by atoms with Gasteiger partial charge in [0, 0.05) is 18.8 Å². The van der Waals surface area contributed by atoms with Crippen molar-refractivity contribution in [2.24, 2.45) is 0 Å². The smallest absolute Gasteiger partial charge is 0.0755 e. The van der Waals surface area contributed by atoms with E-state index >= 15 is 0 Å². The molecule has 4 nitrogen and oxygen atoms in total. The summed E-state index contributed by atoms with van der Waals surface area (Å²) in [5.74, 6) is 0. The Hall–Kier alpha value is -0.870. The first-order valence-electron chi connectivity index (χ1n) is 6.78. The molecule has 17 heavy (non-hydrogen) atoms. The van der Waals surface area contributed by atoms with Crippen LogP contribution in [0.3, 0.4) is 0 Å². The summed E-state index contributed by atoms with van der Waals surface area (Å²) in [6.07, 6.45) is 8.73. The van der Waals surface area contributed by atoms with E-state index in [1.807, 2.05) is 6.20 Å². The van der Waals surface area contributed by atoms with E-state index in [9.17, 15) is 0 Å². The third-order valence-corrected chi connectivity index (χ3v) is 4.09. The molecule has 2 aliphatic rings. The maximum Gasteiger partial charge on any atom is 0.0755 e. The fraction of sp³-hybridized carbons (Fsp3) is 0.769. The predicted octanol–water partition coefficient (Wildman–Crippen LogP) is 2.12. The lowest BCUT2D eigenvalue weighted by molar-refractivity contribution is -0.0388. The van der Waals surface area contributed by atoms with Crippen molar-refractivity contribution in [1.29, 1.82) is 0 Å². The second kappa shape index (κ2) is 5.19. The van der Waals surface area contributed by atoms with Gasteiger partial charge in [0.15, 0.2) is 0 Å². The van der Waals surface area contributed by atoms with E-state index in [1.165, 1.54) is 37.8 Å². The van der Waals surface area contributed by atoms with Crippen molar-refractivity contribution in [3.63, 3.8) is 0 Å². The van der Waals surface area contributed by atoms with Gasteiger partial charge < -0.3 is 4.74 Å². The summed E-state index contributed by atoms with van der Waals surface area (Å²) in [4.78, 5) is 2.64. The molecule has 0 bridgehead atoms. The van der Waals surface area contributed by atoms with Crippen LogP contribution in [0, 0.1) is 0 Å². The molecule has 0 unspecified atom stereocenters. The predicted molar refractivity (Wildman–Crippen MR) is 65.7 cm³/mol. The molecule has 0 amide bonds. The molecule has 0 spiro atoms. The van der Waals surface area contributed by atoms with E-state index in [0.717, 1.165) is 25.8 Å². The number of hydrogen-bond acceptors (Lipinski definition) is 3. The van der Waals surface area contributed by atoms with Crippen molar-refractivity contribution < 1.29 is 4.74 Å². The maximum absolute atomic E-state index is 5.64. The van der Waals surface area contributed by atoms with Gasteiger partial charge in [-0.3, -0.25) is 10.00 Å². The molecule has 1 aliphatic heterocycles. The molecule has 1 aliphatic carbocycles. The molecular weight excluding hydrogens is 214 g/mol. The van der Waals surface area contributed by atoms with Gasteiger partial charge in [0.2, 0.25) is 0 Å². The fourth-order valence-electron chi connectivity index (χ4n) is 3.19. The Morgan fingerprint density at radius 2 is 2.18 bits per heavy atom. The molecule has 4 heteroatoms. The van der Waals surface area contributed by atoms with Crippen molar-refractivity contribution in [3.8, 4) is 0 Å². The minimum atomic E-state index is 0.384. The first-order chi connectivity index (χ1) is 8.45. The number of rotatable bonds is 2. The van der Waals surface area contributed by atoms with Gasteiger partial charge in [-0.2, -0.15) is 5.10 Å². The Labute approximate surface area is 102 Å². The lowest BCUT2D eigenvalue weighted by Gasteiger charge is -2.42. The van der Waals surface area contributed by atoms with Crippen molar-refractivity contribution in [3.05, 3.63) is 18.0 Å². The molecule has 1 N–H and O–H groups in total. The second-order valence-electron chi connectivity index (χ2n) is 5.13. The van der Waals surface area contributed by atoms with E-state index in [0.29, 0.717) is 6.04 Å². The minimum absolute atomic E-state index is 0.384. The Balaban J connectivity index is 1.75. The summed E-state index contributed by atoms with van der Waals surface area (Å²) in [7, 11) is 0. The summed E-state index contributed by atoms with van der Waals surface area (Å²) in [6.45, 7) is 2.74. The van der Waals surface area contributed by atoms with Crippen LogP contribution < -0.4 is 0 Å². The third kappa shape index (κ3) is 2.38. The SMILES string of the molecule is c1cc([C@@H]2COCCN2C2CCCCC2)[nH]n1. The third-order valence-electron chi connectivity index (χ3n) is 4.09. The van der Waals surface area contributed by atoms with Gasteiger partial charge in [-0.25, -0.2) is 0 Å². The molecule has 2 fully saturated rings. The number of ether oxygens (including phenoxy) is 1. The fourth-order valence-corrected chi connectivity index (χ4v) is 3.19. The highest BCUT2D eigenvalue weighted by Gasteiger charge is 2.31. The van der Waals surface area contributed by atoms with Gasteiger partial charge in [-0.15, -0.1) is 0 Å². The molecular formula is C13H21N3O. The number of nitrogens with one attached hydrogen (secondary N) is 1. The van der Waals surface area contributed by atoms with E-state index < -0.39 is 0 Å². The average molecular weight is 235 g/mol. The van der Waals surface area contributed by atoms with Crippen LogP contribution in [0.5, 0.6) is 0 Å². The van der Waals surface area contributed by atoms with Gasteiger partial charge in [-0.1, -0.05) is 19.3 Å². The van der Waals surface area contributed by atoms with E-state index in [2.05, 4.69) is 21.2 Å². The van der Waals surface area contributed by atoms with Crippen molar-refractivity contribution in [2.75, 3.05) is 19.8 Å². The summed E-state index contributed by atoms with van der Waals surface area (Å²) in [6, 6.07) is 3.21. The van der Waals surface area contributed by atoms with Crippen LogP contribution in [0.4, 0.5) is 0 Å². The molecule has 3 rings (SSSR count). The van der Waals surface area contributed by atoms with Crippen LogP contribution in [0.1, 0.15) is 43.8 Å². The number of aromatic amines is 1. The summed E-state index contributed by atoms with van der Waals surface area (Å²) in [5, 5.41) is 7.17. The molecule has 1 saturated carbocycles. The van der Waals surface area contributed by atoms with Gasteiger partial charge in [0.1, 0.15) is 0 Å². The molecule has 94 valence electrons. The quantitative estimate of drug-likeness (QED) is 0.853. The van der Waals surface area contributed by atoms with Gasteiger partial charge in [0.05, 0.1) is 24.9 Å². The van der Waals surface area contributed by atoms with Crippen LogP contribution in [0.15, 0.2) is 12.3 Å². The summed E-state index contributed by atoms with van der Waals surface area (Å²) in [5.41, 5.74) is 1.20.